The van der Waals surface area contributed by atoms with Gasteiger partial charge >= 0.3 is 0 Å². The lowest BCUT2D eigenvalue weighted by atomic mass is 10.1. The number of thioether (sulfide) groups is 1. The summed E-state index contributed by atoms with van der Waals surface area (Å²) in [6.45, 7) is 3.05. The Balaban J connectivity index is 1.50. The Morgan fingerprint density at radius 1 is 0.933 bits per heavy atom. The van der Waals surface area contributed by atoms with Gasteiger partial charge in [0.25, 0.3) is 0 Å². The SMILES string of the molecule is CCn1c2ccccc2c2cc(NC(=O)CSc3ccc(OC)c(OC)c3)ccc21. The Hall–Kier alpha value is -3.12. The third kappa shape index (κ3) is 3.83. The van der Waals surface area contributed by atoms with Crippen LogP contribution >= 0.6 is 11.8 Å². The van der Waals surface area contributed by atoms with E-state index in [1.807, 2.05) is 30.3 Å². The molecule has 0 unspecified atom stereocenters. The largest absolute Gasteiger partial charge is 0.493 e. The summed E-state index contributed by atoms with van der Waals surface area (Å²) in [6.07, 6.45) is 0. The van der Waals surface area contributed by atoms with Gasteiger partial charge in [0.2, 0.25) is 5.91 Å². The van der Waals surface area contributed by atoms with E-state index in [0.717, 1.165) is 22.5 Å². The minimum atomic E-state index is -0.0478. The number of hydrogen-bond acceptors (Lipinski definition) is 4. The minimum absolute atomic E-state index is 0.0478. The van der Waals surface area contributed by atoms with Crippen molar-refractivity contribution in [3.8, 4) is 11.5 Å². The smallest absolute Gasteiger partial charge is 0.234 e. The van der Waals surface area contributed by atoms with Gasteiger partial charge in [-0.1, -0.05) is 18.2 Å². The summed E-state index contributed by atoms with van der Waals surface area (Å²) in [5, 5.41) is 5.37. The van der Waals surface area contributed by atoms with Crippen LogP contribution in [0.25, 0.3) is 21.8 Å². The number of benzene rings is 3. The third-order valence-corrected chi connectivity index (χ3v) is 6.09. The number of carbonyl (C=O) groups is 1. The summed E-state index contributed by atoms with van der Waals surface area (Å²) in [4.78, 5) is 13.5. The average molecular weight is 421 g/mol. The topological polar surface area (TPSA) is 52.5 Å². The van der Waals surface area contributed by atoms with Gasteiger partial charge in [-0.25, -0.2) is 0 Å². The van der Waals surface area contributed by atoms with Crippen molar-refractivity contribution >= 4 is 45.2 Å². The first-order valence-electron chi connectivity index (χ1n) is 9.80. The molecule has 0 radical (unpaired) electrons. The molecule has 154 valence electrons. The van der Waals surface area contributed by atoms with Gasteiger partial charge in [-0.2, -0.15) is 0 Å². The highest BCUT2D eigenvalue weighted by atomic mass is 32.2. The number of amides is 1. The molecule has 1 N–H and O–H groups in total. The zero-order chi connectivity index (χ0) is 21.1. The molecule has 3 aromatic carbocycles. The van der Waals surface area contributed by atoms with Crippen LogP contribution in [0.1, 0.15) is 6.92 Å². The number of para-hydroxylation sites is 1. The molecule has 4 aromatic rings. The number of carbonyl (C=O) groups excluding carboxylic acids is 1. The number of aromatic nitrogens is 1. The predicted octanol–water partition coefficient (Wildman–Crippen LogP) is 5.56. The van der Waals surface area contributed by atoms with Crippen molar-refractivity contribution in [2.45, 2.75) is 18.4 Å². The molecular formula is C24H24N2O3S. The van der Waals surface area contributed by atoms with Crippen molar-refractivity contribution in [1.29, 1.82) is 0 Å². The van der Waals surface area contributed by atoms with Gasteiger partial charge in [0.05, 0.1) is 20.0 Å². The second-order valence-corrected chi connectivity index (χ2v) is 7.90. The second kappa shape index (κ2) is 8.71. The number of hydrogen-bond donors (Lipinski definition) is 1. The fourth-order valence-corrected chi connectivity index (χ4v) is 4.45. The van der Waals surface area contributed by atoms with Crippen LogP contribution in [-0.4, -0.2) is 30.4 Å². The molecule has 0 aliphatic rings. The summed E-state index contributed by atoms with van der Waals surface area (Å²) in [6, 6.07) is 20.1. The van der Waals surface area contributed by atoms with Gasteiger partial charge in [-0.05, 0) is 49.4 Å². The van der Waals surface area contributed by atoms with E-state index < -0.39 is 0 Å². The molecule has 0 saturated heterocycles. The van der Waals surface area contributed by atoms with Gasteiger partial charge in [0.1, 0.15) is 0 Å². The molecule has 6 heteroatoms. The van der Waals surface area contributed by atoms with Gasteiger partial charge in [-0.15, -0.1) is 11.8 Å². The average Bonchev–Trinajstić information content (AvgIpc) is 3.10. The van der Waals surface area contributed by atoms with Crippen molar-refractivity contribution in [1.82, 2.24) is 4.57 Å². The van der Waals surface area contributed by atoms with Crippen LogP contribution in [0.5, 0.6) is 11.5 Å². The lowest BCUT2D eigenvalue weighted by molar-refractivity contribution is -0.113. The lowest BCUT2D eigenvalue weighted by Gasteiger charge is -2.10. The normalized spacial score (nSPS) is 11.0. The monoisotopic (exact) mass is 420 g/mol. The standard InChI is InChI=1S/C24H24N2O3S/c1-4-26-20-8-6-5-7-18(20)19-13-16(9-11-21(19)26)25-24(27)15-30-17-10-12-22(28-2)23(14-17)29-3/h5-14H,4,15H2,1-3H3,(H,25,27). The van der Waals surface area contributed by atoms with E-state index in [9.17, 15) is 4.79 Å². The maximum atomic E-state index is 12.5. The first kappa shape index (κ1) is 20.2. The van der Waals surface area contributed by atoms with E-state index in [2.05, 4.69) is 47.1 Å². The van der Waals surface area contributed by atoms with Crippen molar-refractivity contribution < 1.29 is 14.3 Å². The van der Waals surface area contributed by atoms with Crippen LogP contribution in [0.15, 0.2) is 65.6 Å². The molecule has 0 aliphatic heterocycles. The van der Waals surface area contributed by atoms with Gasteiger partial charge in [0, 0.05) is 38.9 Å². The van der Waals surface area contributed by atoms with Crippen LogP contribution in [0.3, 0.4) is 0 Å². The number of ether oxygens (including phenoxy) is 2. The van der Waals surface area contributed by atoms with E-state index in [0.29, 0.717) is 17.3 Å². The Morgan fingerprint density at radius 2 is 1.70 bits per heavy atom. The second-order valence-electron chi connectivity index (χ2n) is 6.85. The van der Waals surface area contributed by atoms with E-state index in [1.165, 1.54) is 28.2 Å². The van der Waals surface area contributed by atoms with Crippen LogP contribution in [0.2, 0.25) is 0 Å². The summed E-state index contributed by atoms with van der Waals surface area (Å²) in [7, 11) is 3.21. The molecule has 1 heterocycles. The molecule has 5 nitrogen and oxygen atoms in total. The fourth-order valence-electron chi connectivity index (χ4n) is 3.72. The maximum absolute atomic E-state index is 12.5. The molecule has 1 amide bonds. The number of nitrogens with zero attached hydrogens (tertiary/aromatic N) is 1. The third-order valence-electron chi connectivity index (χ3n) is 5.10. The van der Waals surface area contributed by atoms with Crippen molar-refractivity contribution in [3.63, 3.8) is 0 Å². The Labute approximate surface area is 180 Å². The molecule has 0 atom stereocenters. The van der Waals surface area contributed by atoms with E-state index >= 15 is 0 Å². The molecular weight excluding hydrogens is 396 g/mol. The van der Waals surface area contributed by atoms with Crippen LogP contribution in [-0.2, 0) is 11.3 Å². The predicted molar refractivity (Wildman–Crippen MR) is 124 cm³/mol. The van der Waals surface area contributed by atoms with Gasteiger partial charge in [-0.3, -0.25) is 4.79 Å². The van der Waals surface area contributed by atoms with Crippen LogP contribution in [0, 0.1) is 0 Å². The molecule has 0 saturated carbocycles. The summed E-state index contributed by atoms with van der Waals surface area (Å²) in [5.41, 5.74) is 3.19. The van der Waals surface area contributed by atoms with Crippen molar-refractivity contribution in [3.05, 3.63) is 60.7 Å². The van der Waals surface area contributed by atoms with Crippen molar-refractivity contribution in [2.75, 3.05) is 25.3 Å². The fraction of sp³-hybridized carbons (Fsp3) is 0.208. The summed E-state index contributed by atoms with van der Waals surface area (Å²) < 4.78 is 12.9. The Kier molecular flexibility index (Phi) is 5.86. The maximum Gasteiger partial charge on any atom is 0.234 e. The van der Waals surface area contributed by atoms with E-state index in [1.54, 1.807) is 14.2 Å². The number of aryl methyl sites for hydroxylation is 1. The molecule has 0 aliphatic carbocycles. The highest BCUT2D eigenvalue weighted by molar-refractivity contribution is 8.00. The number of fused-ring (bicyclic) bond motifs is 3. The Morgan fingerprint density at radius 3 is 2.47 bits per heavy atom. The molecule has 0 fully saturated rings. The minimum Gasteiger partial charge on any atom is -0.493 e. The molecule has 0 spiro atoms. The highest BCUT2D eigenvalue weighted by Crippen LogP contribution is 2.33. The summed E-state index contributed by atoms with van der Waals surface area (Å²) in [5.74, 6) is 1.59. The number of rotatable bonds is 7. The zero-order valence-corrected chi connectivity index (χ0v) is 18.1. The molecule has 1 aromatic heterocycles. The zero-order valence-electron chi connectivity index (χ0n) is 17.3. The van der Waals surface area contributed by atoms with Crippen LogP contribution in [0.4, 0.5) is 5.69 Å². The first-order chi connectivity index (χ1) is 14.6. The molecule has 4 rings (SSSR count). The molecule has 0 bridgehead atoms. The Bertz CT molecular complexity index is 1220. The lowest BCUT2D eigenvalue weighted by Crippen LogP contribution is -2.13. The number of anilines is 1. The van der Waals surface area contributed by atoms with Gasteiger partial charge in [0.15, 0.2) is 11.5 Å². The van der Waals surface area contributed by atoms with E-state index in [4.69, 9.17) is 9.47 Å². The molecule has 30 heavy (non-hydrogen) atoms. The van der Waals surface area contributed by atoms with Gasteiger partial charge < -0.3 is 19.4 Å². The summed E-state index contributed by atoms with van der Waals surface area (Å²) >= 11 is 1.46. The van der Waals surface area contributed by atoms with Crippen molar-refractivity contribution in [2.24, 2.45) is 0 Å². The number of methoxy groups -OCH3 is 2. The van der Waals surface area contributed by atoms with Crippen LogP contribution < -0.4 is 14.8 Å². The van der Waals surface area contributed by atoms with E-state index in [-0.39, 0.29) is 5.91 Å². The first-order valence-corrected chi connectivity index (χ1v) is 10.8. The highest BCUT2D eigenvalue weighted by Gasteiger charge is 2.12. The quantitative estimate of drug-likeness (QED) is 0.398. The number of nitrogens with one attached hydrogen (secondary N) is 1.